The number of aryl methyl sites for hydroxylation is 1. The van der Waals surface area contributed by atoms with Gasteiger partial charge in [-0.15, -0.1) is 0 Å². The third-order valence-corrected chi connectivity index (χ3v) is 1.24. The standard InChI is InChI=1S/C7H10N2O.K/c1-2-3-6-4-7(10)9-5-8-6;/h4-5H,2-3H2,1H3,(H,8,9,10);. The molecular formula is C7H10KN2O. The van der Waals surface area contributed by atoms with Gasteiger partial charge in [-0.3, -0.25) is 4.79 Å². The zero-order valence-corrected chi connectivity index (χ0v) is 10.0. The zero-order chi connectivity index (χ0) is 7.40. The van der Waals surface area contributed by atoms with E-state index in [2.05, 4.69) is 16.9 Å². The second-order valence-corrected chi connectivity index (χ2v) is 2.15. The average Bonchev–Trinajstić information content (AvgIpc) is 1.88. The molecule has 0 saturated carbocycles. The van der Waals surface area contributed by atoms with Gasteiger partial charge < -0.3 is 4.98 Å². The molecule has 0 atom stereocenters. The van der Waals surface area contributed by atoms with Gasteiger partial charge in [0.15, 0.2) is 0 Å². The van der Waals surface area contributed by atoms with Gasteiger partial charge in [0.05, 0.1) is 6.33 Å². The second-order valence-electron chi connectivity index (χ2n) is 2.15. The number of nitrogens with zero attached hydrogens (tertiary/aromatic N) is 1. The molecule has 4 heteroatoms. The zero-order valence-electron chi connectivity index (χ0n) is 6.92. The van der Waals surface area contributed by atoms with Crippen LogP contribution >= 0.6 is 0 Å². The Balaban J connectivity index is 0.000001000. The molecule has 0 spiro atoms. The molecule has 11 heavy (non-hydrogen) atoms. The van der Waals surface area contributed by atoms with Crippen LogP contribution in [0.5, 0.6) is 0 Å². The van der Waals surface area contributed by atoms with Crippen molar-refractivity contribution in [3.63, 3.8) is 0 Å². The summed E-state index contributed by atoms with van der Waals surface area (Å²) < 4.78 is 0. The van der Waals surface area contributed by atoms with Gasteiger partial charge in [-0.1, -0.05) is 13.3 Å². The summed E-state index contributed by atoms with van der Waals surface area (Å²) in [5.74, 6) is 0. The predicted molar refractivity (Wildman–Crippen MR) is 44.6 cm³/mol. The molecule has 1 rings (SSSR count). The van der Waals surface area contributed by atoms with Gasteiger partial charge in [0, 0.05) is 63.1 Å². The van der Waals surface area contributed by atoms with Crippen molar-refractivity contribution in [3.8, 4) is 0 Å². The Morgan fingerprint density at radius 3 is 2.91 bits per heavy atom. The topological polar surface area (TPSA) is 45.8 Å². The predicted octanol–water partition coefficient (Wildman–Crippen LogP) is 0.342. The van der Waals surface area contributed by atoms with E-state index in [1.807, 2.05) is 0 Å². The van der Waals surface area contributed by atoms with Gasteiger partial charge >= 0.3 is 0 Å². The van der Waals surface area contributed by atoms with E-state index in [-0.39, 0.29) is 56.9 Å². The number of aromatic amines is 1. The van der Waals surface area contributed by atoms with E-state index in [0.717, 1.165) is 18.5 Å². The fourth-order valence-electron chi connectivity index (χ4n) is 0.802. The monoisotopic (exact) mass is 177 g/mol. The SMILES string of the molecule is CCCc1cc(=O)[nH]cn1.[K]. The van der Waals surface area contributed by atoms with Crippen molar-refractivity contribution in [1.29, 1.82) is 0 Å². The Labute approximate surface area is 108 Å². The number of aromatic nitrogens is 2. The van der Waals surface area contributed by atoms with E-state index in [4.69, 9.17) is 0 Å². The van der Waals surface area contributed by atoms with E-state index in [1.165, 1.54) is 12.4 Å². The molecule has 0 aliphatic carbocycles. The first-order valence-electron chi connectivity index (χ1n) is 3.36. The Kier molecular flexibility index (Phi) is 6.36. The summed E-state index contributed by atoms with van der Waals surface area (Å²) >= 11 is 0. The fraction of sp³-hybridized carbons (Fsp3) is 0.429. The molecule has 1 N–H and O–H groups in total. The van der Waals surface area contributed by atoms with Crippen molar-refractivity contribution in [2.75, 3.05) is 0 Å². The van der Waals surface area contributed by atoms with Gasteiger partial charge in [0.25, 0.3) is 5.56 Å². The van der Waals surface area contributed by atoms with Crippen LogP contribution in [0.3, 0.4) is 0 Å². The molecule has 0 aliphatic rings. The van der Waals surface area contributed by atoms with Gasteiger partial charge in [0.1, 0.15) is 0 Å². The van der Waals surface area contributed by atoms with Gasteiger partial charge in [-0.05, 0) is 6.42 Å². The van der Waals surface area contributed by atoms with Crippen LogP contribution in [-0.4, -0.2) is 61.4 Å². The summed E-state index contributed by atoms with van der Waals surface area (Å²) in [6, 6.07) is 1.53. The molecule has 0 fully saturated rings. The van der Waals surface area contributed by atoms with E-state index < -0.39 is 0 Å². The molecule has 0 saturated heterocycles. The van der Waals surface area contributed by atoms with E-state index >= 15 is 0 Å². The third-order valence-electron chi connectivity index (χ3n) is 1.24. The Morgan fingerprint density at radius 1 is 1.64 bits per heavy atom. The van der Waals surface area contributed by atoms with E-state index in [1.54, 1.807) is 0 Å². The minimum Gasteiger partial charge on any atom is -0.313 e. The van der Waals surface area contributed by atoms with Crippen LogP contribution in [0.15, 0.2) is 17.2 Å². The molecule has 3 nitrogen and oxygen atoms in total. The molecule has 1 aromatic rings. The van der Waals surface area contributed by atoms with Crippen molar-refractivity contribution in [3.05, 3.63) is 28.4 Å². The molecule has 1 aromatic heterocycles. The number of rotatable bonds is 2. The molecule has 0 bridgehead atoms. The van der Waals surface area contributed by atoms with Crippen molar-refractivity contribution in [1.82, 2.24) is 9.97 Å². The average molecular weight is 177 g/mol. The number of nitrogens with one attached hydrogen (secondary N) is 1. The van der Waals surface area contributed by atoms with Crippen LogP contribution in [-0.2, 0) is 6.42 Å². The Morgan fingerprint density at radius 2 is 2.36 bits per heavy atom. The number of H-pyrrole nitrogens is 1. The smallest absolute Gasteiger partial charge is 0.250 e. The molecule has 0 aliphatic heterocycles. The van der Waals surface area contributed by atoms with Gasteiger partial charge in [0.2, 0.25) is 0 Å². The molecule has 1 radical (unpaired) electrons. The molecule has 0 amide bonds. The summed E-state index contributed by atoms with van der Waals surface area (Å²) in [6.45, 7) is 2.06. The maximum atomic E-state index is 10.7. The number of hydrogen-bond acceptors (Lipinski definition) is 2. The summed E-state index contributed by atoms with van der Waals surface area (Å²) in [5.41, 5.74) is 0.796. The minimum absolute atomic E-state index is 0. The van der Waals surface area contributed by atoms with E-state index in [0.29, 0.717) is 0 Å². The van der Waals surface area contributed by atoms with Crippen molar-refractivity contribution >= 4 is 51.4 Å². The van der Waals surface area contributed by atoms with Crippen LogP contribution < -0.4 is 5.56 Å². The number of hydrogen-bond donors (Lipinski definition) is 1. The summed E-state index contributed by atoms with van der Waals surface area (Å²) in [4.78, 5) is 17.1. The first kappa shape index (κ1) is 11.5. The maximum Gasteiger partial charge on any atom is 0.250 e. The van der Waals surface area contributed by atoms with Crippen LogP contribution in [0.1, 0.15) is 19.0 Å². The summed E-state index contributed by atoms with van der Waals surface area (Å²) in [5, 5.41) is 0. The van der Waals surface area contributed by atoms with Crippen LogP contribution in [0, 0.1) is 0 Å². The second kappa shape index (κ2) is 6.08. The third kappa shape index (κ3) is 4.17. The largest absolute Gasteiger partial charge is 0.313 e. The maximum absolute atomic E-state index is 10.7. The fourth-order valence-corrected chi connectivity index (χ4v) is 0.802. The van der Waals surface area contributed by atoms with Crippen molar-refractivity contribution in [2.24, 2.45) is 0 Å². The van der Waals surface area contributed by atoms with Crippen molar-refractivity contribution in [2.45, 2.75) is 19.8 Å². The first-order chi connectivity index (χ1) is 4.83. The van der Waals surface area contributed by atoms with Crippen LogP contribution in [0.2, 0.25) is 0 Å². The first-order valence-corrected chi connectivity index (χ1v) is 3.36. The molecule has 0 aromatic carbocycles. The van der Waals surface area contributed by atoms with Crippen LogP contribution in [0.25, 0.3) is 0 Å². The molecule has 55 valence electrons. The van der Waals surface area contributed by atoms with Crippen LogP contribution in [0.4, 0.5) is 0 Å². The minimum atomic E-state index is -0.0709. The quantitative estimate of drug-likeness (QED) is 0.662. The van der Waals surface area contributed by atoms with Crippen molar-refractivity contribution < 1.29 is 0 Å². The van der Waals surface area contributed by atoms with E-state index in [9.17, 15) is 4.79 Å². The Bertz CT molecular complexity index is 259. The Hall–Kier alpha value is 0.516. The summed E-state index contributed by atoms with van der Waals surface area (Å²) in [7, 11) is 0. The molecular weight excluding hydrogens is 167 g/mol. The summed E-state index contributed by atoms with van der Waals surface area (Å²) in [6.07, 6.45) is 3.34. The normalized spacial score (nSPS) is 8.82. The molecule has 0 unspecified atom stereocenters. The van der Waals surface area contributed by atoms with Gasteiger partial charge in [-0.2, -0.15) is 0 Å². The van der Waals surface area contributed by atoms with Gasteiger partial charge in [-0.25, -0.2) is 4.98 Å². The molecule has 1 heterocycles.